The summed E-state index contributed by atoms with van der Waals surface area (Å²) in [6, 6.07) is 28.2. The molecule has 7 nitrogen and oxygen atoms in total. The maximum absolute atomic E-state index is 12.8. The summed E-state index contributed by atoms with van der Waals surface area (Å²) in [5.41, 5.74) is 3.32. The van der Waals surface area contributed by atoms with Gasteiger partial charge in [0.05, 0.1) is 6.04 Å². The third kappa shape index (κ3) is 6.50. The summed E-state index contributed by atoms with van der Waals surface area (Å²) in [6.45, 7) is 2.81. The van der Waals surface area contributed by atoms with Crippen LogP contribution in [0.3, 0.4) is 0 Å². The number of carboxylic acids is 1. The van der Waals surface area contributed by atoms with Gasteiger partial charge >= 0.3 is 5.97 Å². The van der Waals surface area contributed by atoms with Crippen molar-refractivity contribution in [2.45, 2.75) is 18.6 Å². The molecular weight excluding hydrogens is 456 g/mol. The zero-order chi connectivity index (χ0) is 25.3. The molecule has 36 heavy (non-hydrogen) atoms. The standard InChI is InChI=1S/C29H32N2O5/c1-35-26(29(33)34)20-22-12-14-25(15-13-22)36-21-27(32)30-16-18-31(19-17-30)28(23-8-4-2-5-9-23)24-10-6-3-7-11-24/h2-15,26,28H,16-21H2,1H3,(H,33,34). The van der Waals surface area contributed by atoms with Crippen LogP contribution in [0.1, 0.15) is 22.7 Å². The average molecular weight is 489 g/mol. The number of carboxylic acid groups (broad SMARTS) is 1. The minimum absolute atomic E-state index is 0.0318. The number of piperazine rings is 1. The zero-order valence-corrected chi connectivity index (χ0v) is 20.5. The monoisotopic (exact) mass is 488 g/mol. The van der Waals surface area contributed by atoms with Crippen molar-refractivity contribution in [3.63, 3.8) is 0 Å². The van der Waals surface area contributed by atoms with E-state index in [0.717, 1.165) is 18.7 Å². The smallest absolute Gasteiger partial charge is 0.333 e. The van der Waals surface area contributed by atoms with E-state index < -0.39 is 12.1 Å². The number of ether oxygens (including phenoxy) is 2. The van der Waals surface area contributed by atoms with Crippen LogP contribution in [0, 0.1) is 0 Å². The predicted octanol–water partition coefficient (Wildman–Crippen LogP) is 3.64. The Balaban J connectivity index is 1.30. The van der Waals surface area contributed by atoms with Gasteiger partial charge in [0, 0.05) is 39.7 Å². The number of benzene rings is 3. The van der Waals surface area contributed by atoms with Crippen LogP contribution in [0.2, 0.25) is 0 Å². The first kappa shape index (κ1) is 25.4. The number of rotatable bonds is 10. The molecule has 0 spiro atoms. The Kier molecular flexibility index (Phi) is 8.71. The van der Waals surface area contributed by atoms with Crippen molar-refractivity contribution in [1.82, 2.24) is 9.80 Å². The van der Waals surface area contributed by atoms with Crippen LogP contribution in [-0.2, 0) is 20.7 Å². The molecule has 0 saturated carbocycles. The molecule has 0 aromatic heterocycles. The van der Waals surface area contributed by atoms with E-state index in [9.17, 15) is 9.59 Å². The molecule has 4 rings (SSSR count). The number of aliphatic carboxylic acids is 1. The molecule has 7 heteroatoms. The van der Waals surface area contributed by atoms with Gasteiger partial charge in [0.25, 0.3) is 5.91 Å². The van der Waals surface area contributed by atoms with Gasteiger partial charge in [-0.3, -0.25) is 9.69 Å². The quantitative estimate of drug-likeness (QED) is 0.470. The molecule has 1 aliphatic rings. The Morgan fingerprint density at radius 1 is 0.833 bits per heavy atom. The summed E-state index contributed by atoms with van der Waals surface area (Å²) < 4.78 is 10.7. The first-order chi connectivity index (χ1) is 17.5. The van der Waals surface area contributed by atoms with Crippen LogP contribution in [-0.4, -0.2) is 72.8 Å². The lowest BCUT2D eigenvalue weighted by molar-refractivity contribution is -0.148. The van der Waals surface area contributed by atoms with Gasteiger partial charge in [-0.1, -0.05) is 72.8 Å². The Bertz CT molecular complexity index is 1070. The summed E-state index contributed by atoms with van der Waals surface area (Å²) >= 11 is 0. The van der Waals surface area contributed by atoms with E-state index in [1.807, 2.05) is 17.0 Å². The van der Waals surface area contributed by atoms with Gasteiger partial charge in [0.1, 0.15) is 5.75 Å². The van der Waals surface area contributed by atoms with Gasteiger partial charge in [-0.15, -0.1) is 0 Å². The Labute approximate surface area is 211 Å². The molecule has 3 aromatic carbocycles. The SMILES string of the molecule is COC(Cc1ccc(OCC(=O)N2CCN(C(c3ccccc3)c3ccccc3)CC2)cc1)C(=O)O. The highest BCUT2D eigenvalue weighted by Gasteiger charge is 2.28. The van der Waals surface area contributed by atoms with Crippen LogP contribution < -0.4 is 4.74 Å². The van der Waals surface area contributed by atoms with E-state index in [-0.39, 0.29) is 25.0 Å². The number of methoxy groups -OCH3 is 1. The number of amides is 1. The van der Waals surface area contributed by atoms with Crippen molar-refractivity contribution in [1.29, 1.82) is 0 Å². The number of hydrogen-bond donors (Lipinski definition) is 1. The average Bonchev–Trinajstić information content (AvgIpc) is 2.92. The fourth-order valence-electron chi connectivity index (χ4n) is 4.56. The highest BCUT2D eigenvalue weighted by molar-refractivity contribution is 5.78. The van der Waals surface area contributed by atoms with E-state index in [4.69, 9.17) is 14.6 Å². The van der Waals surface area contributed by atoms with Gasteiger partial charge < -0.3 is 19.5 Å². The maximum Gasteiger partial charge on any atom is 0.333 e. The first-order valence-electron chi connectivity index (χ1n) is 12.1. The molecule has 0 aliphatic carbocycles. The summed E-state index contributed by atoms with van der Waals surface area (Å²) in [6.07, 6.45) is -0.622. The lowest BCUT2D eigenvalue weighted by Gasteiger charge is -2.39. The van der Waals surface area contributed by atoms with Crippen LogP contribution >= 0.6 is 0 Å². The van der Waals surface area contributed by atoms with Gasteiger partial charge in [-0.25, -0.2) is 4.79 Å². The number of carbonyl (C=O) groups is 2. The van der Waals surface area contributed by atoms with Crippen LogP contribution in [0.15, 0.2) is 84.9 Å². The molecule has 1 atom stereocenters. The van der Waals surface area contributed by atoms with Crippen molar-refractivity contribution in [2.75, 3.05) is 39.9 Å². The fourth-order valence-corrected chi connectivity index (χ4v) is 4.56. The van der Waals surface area contributed by atoms with Gasteiger partial charge in [0.2, 0.25) is 0 Å². The summed E-state index contributed by atoms with van der Waals surface area (Å²) in [4.78, 5) is 28.2. The van der Waals surface area contributed by atoms with E-state index in [1.165, 1.54) is 18.2 Å². The van der Waals surface area contributed by atoms with E-state index >= 15 is 0 Å². The minimum atomic E-state index is -0.998. The molecule has 1 N–H and O–H groups in total. The highest BCUT2D eigenvalue weighted by atomic mass is 16.5. The molecular formula is C29H32N2O5. The van der Waals surface area contributed by atoms with Crippen molar-refractivity contribution in [3.8, 4) is 5.75 Å². The minimum Gasteiger partial charge on any atom is -0.484 e. The molecule has 1 amide bonds. The van der Waals surface area contributed by atoms with Gasteiger partial charge in [0.15, 0.2) is 12.7 Å². The molecule has 188 valence electrons. The molecule has 0 radical (unpaired) electrons. The Hall–Kier alpha value is -3.68. The lowest BCUT2D eigenvalue weighted by atomic mass is 9.96. The van der Waals surface area contributed by atoms with E-state index in [1.54, 1.807) is 24.3 Å². The molecule has 1 aliphatic heterocycles. The highest BCUT2D eigenvalue weighted by Crippen LogP contribution is 2.29. The Morgan fingerprint density at radius 3 is 1.89 bits per heavy atom. The van der Waals surface area contributed by atoms with E-state index in [2.05, 4.69) is 53.4 Å². The largest absolute Gasteiger partial charge is 0.484 e. The molecule has 1 fully saturated rings. The number of hydrogen-bond acceptors (Lipinski definition) is 5. The lowest BCUT2D eigenvalue weighted by Crippen LogP contribution is -2.51. The second kappa shape index (κ2) is 12.3. The van der Waals surface area contributed by atoms with Crippen molar-refractivity contribution < 1.29 is 24.2 Å². The van der Waals surface area contributed by atoms with Crippen molar-refractivity contribution >= 4 is 11.9 Å². The van der Waals surface area contributed by atoms with Crippen LogP contribution in [0.5, 0.6) is 5.75 Å². The first-order valence-corrected chi connectivity index (χ1v) is 12.1. The molecule has 0 bridgehead atoms. The normalized spacial score (nSPS) is 15.0. The third-order valence-electron chi connectivity index (χ3n) is 6.53. The topological polar surface area (TPSA) is 79.3 Å². The predicted molar refractivity (Wildman–Crippen MR) is 137 cm³/mol. The molecule has 1 unspecified atom stereocenters. The second-order valence-electron chi connectivity index (χ2n) is 8.84. The zero-order valence-electron chi connectivity index (χ0n) is 20.5. The maximum atomic E-state index is 12.8. The Morgan fingerprint density at radius 2 is 1.39 bits per heavy atom. The molecule has 1 saturated heterocycles. The molecule has 3 aromatic rings. The summed E-state index contributed by atoms with van der Waals surface area (Å²) in [5, 5.41) is 9.13. The third-order valence-corrected chi connectivity index (χ3v) is 6.53. The number of carbonyl (C=O) groups excluding carboxylic acids is 1. The number of nitrogens with zero attached hydrogens (tertiary/aromatic N) is 2. The van der Waals surface area contributed by atoms with Crippen LogP contribution in [0.25, 0.3) is 0 Å². The van der Waals surface area contributed by atoms with Gasteiger partial charge in [-0.05, 0) is 28.8 Å². The molecule has 1 heterocycles. The van der Waals surface area contributed by atoms with Crippen LogP contribution in [0.4, 0.5) is 0 Å². The summed E-state index contributed by atoms with van der Waals surface area (Å²) in [7, 11) is 1.38. The van der Waals surface area contributed by atoms with Crippen molar-refractivity contribution in [3.05, 3.63) is 102 Å². The van der Waals surface area contributed by atoms with Gasteiger partial charge in [-0.2, -0.15) is 0 Å². The summed E-state index contributed by atoms with van der Waals surface area (Å²) in [5.74, 6) is -0.467. The fraction of sp³-hybridized carbons (Fsp3) is 0.310. The second-order valence-corrected chi connectivity index (χ2v) is 8.84. The van der Waals surface area contributed by atoms with Crippen molar-refractivity contribution in [2.24, 2.45) is 0 Å². The van der Waals surface area contributed by atoms with E-state index in [0.29, 0.717) is 18.8 Å².